The van der Waals surface area contributed by atoms with Gasteiger partial charge in [0.25, 0.3) is 5.91 Å². The number of ketones is 2. The van der Waals surface area contributed by atoms with Gasteiger partial charge >= 0.3 is 18.3 Å². The van der Waals surface area contributed by atoms with E-state index < -0.39 is 57.0 Å². The van der Waals surface area contributed by atoms with E-state index in [1.165, 1.54) is 80.1 Å². The van der Waals surface area contributed by atoms with Gasteiger partial charge in [0, 0.05) is 43.7 Å². The fourth-order valence-corrected chi connectivity index (χ4v) is 7.20. The molecule has 0 aliphatic rings. The fraction of sp³-hybridized carbons (Fsp3) is 0.116. The average molecular weight is 1020 g/mol. The number of alkyl halides is 6. The van der Waals surface area contributed by atoms with Gasteiger partial charge in [0.15, 0.2) is 0 Å². The lowest BCUT2D eigenvalue weighted by atomic mass is 10.0. The van der Waals surface area contributed by atoms with Gasteiger partial charge in [0.05, 0.1) is 63.8 Å². The standard InChI is InChI=1S/C22H15Cl3F3N3O2.C21H12Cl3F3N2O3/c1-29-21(33)14-4-2-3-13(18(14)25)20(32)19-17(8-12(23)10-31-19)30-9-11-5-6-16(24)15(7-11)22(26,27)28;22-11-7-16(28-8-10-4-5-15(23)14(6-10)21(25,26)27)18(29-9-11)19(30)12-2-1-3-13(17(12)24)20(31)32/h2-8,10,30H,9H2,1H3,(H,29,33);1-7,9,28H,8H2,(H,31,32). The van der Waals surface area contributed by atoms with Crippen LogP contribution in [-0.4, -0.2) is 45.6 Å². The number of nitrogens with zero attached hydrogens (tertiary/aromatic N) is 2. The number of anilines is 2. The molecule has 10 nitrogen and oxygen atoms in total. The minimum Gasteiger partial charge on any atom is -0.478 e. The van der Waals surface area contributed by atoms with Crippen molar-refractivity contribution in [3.05, 3.63) is 183 Å². The number of carbonyl (C=O) groups is 4. The number of carbonyl (C=O) groups excluding carboxylic acids is 3. The van der Waals surface area contributed by atoms with E-state index in [4.69, 9.17) is 69.6 Å². The average Bonchev–Trinajstić information content (AvgIpc) is 3.24. The highest BCUT2D eigenvalue weighted by atomic mass is 35.5. The molecular formula is C43H27Cl6F6N5O5. The zero-order valence-electron chi connectivity index (χ0n) is 32.7. The summed E-state index contributed by atoms with van der Waals surface area (Å²) in [6.07, 6.45) is -6.78. The molecule has 0 spiro atoms. The molecule has 0 aliphatic carbocycles. The Bertz CT molecular complexity index is 2830. The zero-order chi connectivity index (χ0) is 48.0. The Morgan fingerprint density at radius 3 is 1.34 bits per heavy atom. The van der Waals surface area contributed by atoms with Gasteiger partial charge in [-0.25, -0.2) is 14.8 Å². The summed E-state index contributed by atoms with van der Waals surface area (Å²) >= 11 is 35.6. The van der Waals surface area contributed by atoms with Gasteiger partial charge in [-0.2, -0.15) is 26.3 Å². The highest BCUT2D eigenvalue weighted by Crippen LogP contribution is 2.37. The van der Waals surface area contributed by atoms with Crippen LogP contribution in [0.3, 0.4) is 0 Å². The smallest absolute Gasteiger partial charge is 0.417 e. The molecule has 0 saturated heterocycles. The zero-order valence-corrected chi connectivity index (χ0v) is 37.2. The molecule has 6 rings (SSSR count). The number of halogens is 12. The number of hydrogen-bond acceptors (Lipinski definition) is 8. The molecule has 1 amide bonds. The molecule has 2 aromatic heterocycles. The SMILES string of the molecule is CNC(=O)c1cccc(C(=O)c2ncc(Cl)cc2NCc2ccc(Cl)c(C(F)(F)F)c2)c1Cl.O=C(O)c1cccc(C(=O)c2ncc(Cl)cc2NCc2ccc(Cl)c(C(F)(F)F)c2)c1Cl. The molecule has 0 atom stereocenters. The van der Waals surface area contributed by atoms with Crippen LogP contribution in [0.5, 0.6) is 0 Å². The minimum atomic E-state index is -4.63. The van der Waals surface area contributed by atoms with Gasteiger partial charge in [0.2, 0.25) is 11.6 Å². The Labute approximate surface area is 394 Å². The van der Waals surface area contributed by atoms with Crippen LogP contribution in [0.15, 0.2) is 97.3 Å². The first-order valence-corrected chi connectivity index (χ1v) is 20.4. The van der Waals surface area contributed by atoms with E-state index in [1.807, 2.05) is 0 Å². The molecule has 65 heavy (non-hydrogen) atoms. The Balaban J connectivity index is 0.000000244. The number of pyridine rings is 2. The van der Waals surface area contributed by atoms with E-state index in [0.29, 0.717) is 0 Å². The number of rotatable bonds is 12. The minimum absolute atomic E-state index is 0.0292. The van der Waals surface area contributed by atoms with Crippen LogP contribution in [-0.2, 0) is 25.4 Å². The summed E-state index contributed by atoms with van der Waals surface area (Å²) in [5.41, 5.74) is -1.58. The molecule has 0 radical (unpaired) electrons. The van der Waals surface area contributed by atoms with Crippen molar-refractivity contribution >= 4 is 104 Å². The molecule has 22 heteroatoms. The van der Waals surface area contributed by atoms with Crippen molar-refractivity contribution in [2.45, 2.75) is 25.4 Å². The van der Waals surface area contributed by atoms with Gasteiger partial charge in [-0.15, -0.1) is 0 Å². The van der Waals surface area contributed by atoms with Crippen molar-refractivity contribution in [2.75, 3.05) is 17.7 Å². The summed E-state index contributed by atoms with van der Waals surface area (Å²) in [5.74, 6) is -3.07. The second-order valence-electron chi connectivity index (χ2n) is 13.3. The van der Waals surface area contributed by atoms with Crippen molar-refractivity contribution in [1.29, 1.82) is 0 Å². The number of amides is 1. The number of benzene rings is 4. The Morgan fingerprint density at radius 1 is 0.569 bits per heavy atom. The summed E-state index contributed by atoms with van der Waals surface area (Å²) in [6.45, 7) is -0.181. The second-order valence-corrected chi connectivity index (χ2v) is 15.8. The molecule has 2 heterocycles. The highest BCUT2D eigenvalue weighted by Gasteiger charge is 2.34. The van der Waals surface area contributed by atoms with Crippen molar-refractivity contribution in [3.63, 3.8) is 0 Å². The first kappa shape index (κ1) is 50.4. The molecule has 0 saturated carbocycles. The van der Waals surface area contributed by atoms with Crippen LogP contribution >= 0.6 is 69.6 Å². The lowest BCUT2D eigenvalue weighted by Gasteiger charge is -2.14. The van der Waals surface area contributed by atoms with E-state index in [9.17, 15) is 50.6 Å². The van der Waals surface area contributed by atoms with Crippen LogP contribution in [0.1, 0.15) is 75.1 Å². The van der Waals surface area contributed by atoms with Crippen LogP contribution in [0.4, 0.5) is 37.7 Å². The normalized spacial score (nSPS) is 11.3. The number of carboxylic acid groups (broad SMARTS) is 1. The number of aromatic nitrogens is 2. The molecule has 6 aromatic rings. The number of aromatic carboxylic acids is 1. The summed E-state index contributed by atoms with van der Waals surface area (Å²) in [7, 11) is 1.43. The highest BCUT2D eigenvalue weighted by molar-refractivity contribution is 6.39. The summed E-state index contributed by atoms with van der Waals surface area (Å²) < 4.78 is 78.7. The third-order valence-electron chi connectivity index (χ3n) is 8.97. The molecule has 4 N–H and O–H groups in total. The number of hydrogen-bond donors (Lipinski definition) is 4. The predicted octanol–water partition coefficient (Wildman–Crippen LogP) is 12.9. The fourth-order valence-electron chi connectivity index (χ4n) is 5.85. The largest absolute Gasteiger partial charge is 0.478 e. The van der Waals surface area contributed by atoms with Gasteiger partial charge in [-0.05, 0) is 71.8 Å². The molecular weight excluding hydrogens is 993 g/mol. The van der Waals surface area contributed by atoms with E-state index in [0.717, 1.165) is 24.3 Å². The third-order valence-corrected chi connectivity index (χ3v) is 10.9. The molecule has 0 fully saturated rings. The first-order chi connectivity index (χ1) is 30.5. The summed E-state index contributed by atoms with van der Waals surface area (Å²) in [5, 5.41) is 16.6. The lowest BCUT2D eigenvalue weighted by Crippen LogP contribution is -2.19. The number of carboxylic acids is 1. The quantitative estimate of drug-likeness (QED) is 0.0694. The van der Waals surface area contributed by atoms with Gasteiger partial charge in [-0.1, -0.05) is 93.9 Å². The van der Waals surface area contributed by atoms with E-state index >= 15 is 0 Å². The summed E-state index contributed by atoms with van der Waals surface area (Å²) in [6, 6.07) is 18.0. The van der Waals surface area contributed by atoms with Gasteiger partial charge in [0.1, 0.15) is 11.4 Å². The van der Waals surface area contributed by atoms with Crippen molar-refractivity contribution in [2.24, 2.45) is 0 Å². The van der Waals surface area contributed by atoms with Crippen molar-refractivity contribution < 1.29 is 50.6 Å². The third kappa shape index (κ3) is 12.4. The Morgan fingerprint density at radius 2 is 0.954 bits per heavy atom. The van der Waals surface area contributed by atoms with Crippen LogP contribution in [0.25, 0.3) is 0 Å². The molecule has 338 valence electrons. The Kier molecular flexibility index (Phi) is 16.4. The molecule has 0 bridgehead atoms. The number of nitrogens with one attached hydrogen (secondary N) is 3. The van der Waals surface area contributed by atoms with Gasteiger partial charge < -0.3 is 21.1 Å². The first-order valence-electron chi connectivity index (χ1n) is 18.1. The van der Waals surface area contributed by atoms with Gasteiger partial charge in [-0.3, -0.25) is 14.4 Å². The maximum atomic E-state index is 13.2. The Hall–Kier alpha value is -5.62. The molecule has 0 unspecified atom stereocenters. The van der Waals surface area contributed by atoms with E-state index in [1.54, 1.807) is 0 Å². The van der Waals surface area contributed by atoms with Crippen molar-refractivity contribution in [1.82, 2.24) is 15.3 Å². The maximum absolute atomic E-state index is 13.2. The van der Waals surface area contributed by atoms with E-state index in [2.05, 4.69) is 25.9 Å². The topological polar surface area (TPSA) is 150 Å². The molecule has 4 aromatic carbocycles. The van der Waals surface area contributed by atoms with Crippen LogP contribution in [0, 0.1) is 0 Å². The second kappa shape index (κ2) is 21.1. The maximum Gasteiger partial charge on any atom is 0.417 e. The predicted molar refractivity (Wildman–Crippen MR) is 236 cm³/mol. The van der Waals surface area contributed by atoms with Crippen LogP contribution < -0.4 is 16.0 Å². The van der Waals surface area contributed by atoms with E-state index in [-0.39, 0.29) is 89.3 Å². The molecule has 0 aliphatic heterocycles. The monoisotopic (exact) mass is 1020 g/mol. The van der Waals surface area contributed by atoms with Crippen molar-refractivity contribution in [3.8, 4) is 0 Å². The summed E-state index contributed by atoms with van der Waals surface area (Å²) in [4.78, 5) is 57.6. The lowest BCUT2D eigenvalue weighted by molar-refractivity contribution is -0.138. The van der Waals surface area contributed by atoms with Crippen LogP contribution in [0.2, 0.25) is 30.1 Å².